The number of hydrogen-bond acceptors (Lipinski definition) is 6. The SMILES string of the molecule is CC(=O)O.CNC(=O)[C@H](CCCCN=C(C)N)NC(=O)[C@H](CC(C)C)C(C)C(=O)NO. The third kappa shape index (κ3) is 15.8. The number of unbranched alkanes of at least 4 members (excludes halogenated alkanes) is 1. The summed E-state index contributed by atoms with van der Waals surface area (Å²) < 4.78 is 0. The second-order valence-corrected chi connectivity index (χ2v) is 7.71. The minimum absolute atomic E-state index is 0.172. The molecule has 0 bridgehead atoms. The molecule has 7 N–H and O–H groups in total. The van der Waals surface area contributed by atoms with Gasteiger partial charge in [-0.3, -0.25) is 29.4 Å². The quantitative estimate of drug-likeness (QED) is 0.0837. The van der Waals surface area contributed by atoms with Crippen molar-refractivity contribution in [3.8, 4) is 0 Å². The molecule has 0 aromatic heterocycles. The molecule has 0 rings (SSSR count). The summed E-state index contributed by atoms with van der Waals surface area (Å²) in [5, 5.41) is 21.6. The second-order valence-electron chi connectivity index (χ2n) is 7.71. The Labute approximate surface area is 184 Å². The summed E-state index contributed by atoms with van der Waals surface area (Å²) in [6, 6.07) is -0.690. The summed E-state index contributed by atoms with van der Waals surface area (Å²) in [7, 11) is 1.51. The first kappa shape index (κ1) is 30.5. The number of carbonyl (C=O) groups is 4. The van der Waals surface area contributed by atoms with Crippen LogP contribution in [0.4, 0.5) is 0 Å². The zero-order valence-electron chi connectivity index (χ0n) is 19.4. The fourth-order valence-corrected chi connectivity index (χ4v) is 2.77. The first-order valence-electron chi connectivity index (χ1n) is 10.3. The molecule has 11 nitrogen and oxygen atoms in total. The Morgan fingerprint density at radius 3 is 1.97 bits per heavy atom. The number of rotatable bonds is 12. The number of carboxylic acid groups (broad SMARTS) is 1. The Balaban J connectivity index is 0. The summed E-state index contributed by atoms with van der Waals surface area (Å²) in [4.78, 5) is 49.8. The lowest BCUT2D eigenvalue weighted by atomic mass is 9.85. The lowest BCUT2D eigenvalue weighted by Gasteiger charge is -2.26. The van der Waals surface area contributed by atoms with Crippen LogP contribution in [0.2, 0.25) is 0 Å². The number of nitrogens with zero attached hydrogens (tertiary/aromatic N) is 1. The Kier molecular flexibility index (Phi) is 16.8. The van der Waals surface area contributed by atoms with Gasteiger partial charge in [0.25, 0.3) is 5.97 Å². The van der Waals surface area contributed by atoms with Gasteiger partial charge in [0.1, 0.15) is 6.04 Å². The van der Waals surface area contributed by atoms with Gasteiger partial charge in [-0.2, -0.15) is 0 Å². The van der Waals surface area contributed by atoms with E-state index in [9.17, 15) is 14.4 Å². The molecule has 0 aromatic rings. The number of amidine groups is 1. The van der Waals surface area contributed by atoms with E-state index in [2.05, 4.69) is 15.6 Å². The predicted octanol–water partition coefficient (Wildman–Crippen LogP) is 0.659. The minimum Gasteiger partial charge on any atom is -0.481 e. The molecule has 0 aromatic carbocycles. The highest BCUT2D eigenvalue weighted by molar-refractivity contribution is 5.91. The Hall–Kier alpha value is -2.69. The number of amides is 3. The molecule has 1 unspecified atom stereocenters. The standard InChI is InChI=1S/C18H35N5O4.C2H4O2/c1-11(2)10-14(12(3)16(24)23-27)17(25)22-15(18(26)20-5)8-6-7-9-21-13(4)19;1-2(3)4/h11-12,14-15,27H,6-10H2,1-5H3,(H2,19,21)(H,20,26)(H,22,25)(H,23,24);1H3,(H,3,4)/t12?,14-,15+;/m1./s1. The smallest absolute Gasteiger partial charge is 0.300 e. The topological polar surface area (TPSA) is 183 Å². The van der Waals surface area contributed by atoms with Gasteiger partial charge in [0.05, 0.1) is 5.84 Å². The molecule has 0 radical (unpaired) electrons. The molecule has 0 spiro atoms. The van der Waals surface area contributed by atoms with Gasteiger partial charge in [-0.1, -0.05) is 20.8 Å². The maximum atomic E-state index is 12.8. The fraction of sp³-hybridized carbons (Fsp3) is 0.750. The number of carboxylic acids is 1. The van der Waals surface area contributed by atoms with Gasteiger partial charge in [0.2, 0.25) is 17.7 Å². The molecule has 0 aliphatic rings. The number of likely N-dealkylation sites (N-methyl/N-ethyl adjacent to an activating group) is 1. The molecule has 3 amide bonds. The first-order chi connectivity index (χ1) is 14.4. The van der Waals surface area contributed by atoms with Crippen LogP contribution in [0.15, 0.2) is 4.99 Å². The van der Waals surface area contributed by atoms with Crippen molar-refractivity contribution in [2.24, 2.45) is 28.5 Å². The maximum absolute atomic E-state index is 12.8. The van der Waals surface area contributed by atoms with Crippen molar-refractivity contribution in [2.75, 3.05) is 13.6 Å². The van der Waals surface area contributed by atoms with E-state index < -0.39 is 29.8 Å². The molecule has 3 atom stereocenters. The second kappa shape index (κ2) is 17.0. The molecule has 180 valence electrons. The highest BCUT2D eigenvalue weighted by Crippen LogP contribution is 2.22. The van der Waals surface area contributed by atoms with Crippen LogP contribution in [-0.2, 0) is 19.2 Å². The van der Waals surface area contributed by atoms with Gasteiger partial charge in [-0.15, -0.1) is 0 Å². The number of nitrogens with two attached hydrogens (primary N) is 1. The van der Waals surface area contributed by atoms with E-state index in [1.165, 1.54) is 7.05 Å². The van der Waals surface area contributed by atoms with Crippen molar-refractivity contribution in [1.29, 1.82) is 0 Å². The van der Waals surface area contributed by atoms with E-state index in [4.69, 9.17) is 20.8 Å². The van der Waals surface area contributed by atoms with Crippen molar-refractivity contribution in [3.05, 3.63) is 0 Å². The van der Waals surface area contributed by atoms with E-state index >= 15 is 0 Å². The lowest BCUT2D eigenvalue weighted by molar-refractivity contribution is -0.141. The van der Waals surface area contributed by atoms with Gasteiger partial charge in [-0.05, 0) is 38.5 Å². The van der Waals surface area contributed by atoms with E-state index in [0.717, 1.165) is 13.3 Å². The van der Waals surface area contributed by atoms with Crippen molar-refractivity contribution < 1.29 is 29.5 Å². The van der Waals surface area contributed by atoms with Gasteiger partial charge >= 0.3 is 0 Å². The molecule has 0 fully saturated rings. The summed E-state index contributed by atoms with van der Waals surface area (Å²) in [5.74, 6) is -2.79. The number of nitrogens with one attached hydrogen (secondary N) is 3. The van der Waals surface area contributed by atoms with Crippen molar-refractivity contribution in [2.45, 2.75) is 66.3 Å². The van der Waals surface area contributed by atoms with Crippen molar-refractivity contribution in [3.63, 3.8) is 0 Å². The summed E-state index contributed by atoms with van der Waals surface area (Å²) in [5.41, 5.74) is 7.08. The molecular formula is C20H39N5O6. The molecule has 0 aliphatic carbocycles. The van der Waals surface area contributed by atoms with Crippen LogP contribution in [-0.4, -0.2) is 59.5 Å². The average molecular weight is 446 g/mol. The monoisotopic (exact) mass is 445 g/mol. The maximum Gasteiger partial charge on any atom is 0.300 e. The average Bonchev–Trinajstić information content (AvgIpc) is 2.68. The summed E-state index contributed by atoms with van der Waals surface area (Å²) in [6.45, 7) is 8.84. The molecule has 0 heterocycles. The molecule has 0 saturated carbocycles. The molecular weight excluding hydrogens is 406 g/mol. The van der Waals surface area contributed by atoms with Crippen LogP contribution >= 0.6 is 0 Å². The highest BCUT2D eigenvalue weighted by atomic mass is 16.5. The Morgan fingerprint density at radius 2 is 1.55 bits per heavy atom. The fourth-order valence-electron chi connectivity index (χ4n) is 2.77. The van der Waals surface area contributed by atoms with E-state index in [-0.39, 0.29) is 17.7 Å². The minimum atomic E-state index is -0.833. The predicted molar refractivity (Wildman–Crippen MR) is 117 cm³/mol. The summed E-state index contributed by atoms with van der Waals surface area (Å²) in [6.07, 6.45) is 2.36. The Morgan fingerprint density at radius 1 is 1.00 bits per heavy atom. The van der Waals surface area contributed by atoms with Crippen LogP contribution in [0, 0.1) is 17.8 Å². The van der Waals surface area contributed by atoms with Crippen molar-refractivity contribution >= 4 is 29.5 Å². The van der Waals surface area contributed by atoms with Crippen LogP contribution in [0.3, 0.4) is 0 Å². The molecule has 0 saturated heterocycles. The third-order valence-corrected chi connectivity index (χ3v) is 4.33. The van der Waals surface area contributed by atoms with E-state index in [1.54, 1.807) is 19.3 Å². The number of carbonyl (C=O) groups excluding carboxylic acids is 3. The highest BCUT2D eigenvalue weighted by Gasteiger charge is 2.32. The number of aliphatic imine (C=N–C) groups is 1. The van der Waals surface area contributed by atoms with Crippen LogP contribution in [0.5, 0.6) is 0 Å². The molecule has 11 heteroatoms. The van der Waals surface area contributed by atoms with Crippen LogP contribution in [0.1, 0.15) is 60.3 Å². The lowest BCUT2D eigenvalue weighted by Crippen LogP contribution is -2.50. The van der Waals surface area contributed by atoms with E-state index in [1.807, 2.05) is 13.8 Å². The zero-order chi connectivity index (χ0) is 24.6. The normalized spacial score (nSPS) is 13.9. The summed E-state index contributed by atoms with van der Waals surface area (Å²) >= 11 is 0. The molecule has 31 heavy (non-hydrogen) atoms. The van der Waals surface area contributed by atoms with Gasteiger partial charge in [-0.25, -0.2) is 5.48 Å². The number of hydroxylamine groups is 1. The van der Waals surface area contributed by atoms with Crippen LogP contribution in [0.25, 0.3) is 0 Å². The largest absolute Gasteiger partial charge is 0.481 e. The number of hydrogen-bond donors (Lipinski definition) is 6. The van der Waals surface area contributed by atoms with Gasteiger partial charge < -0.3 is 21.5 Å². The van der Waals surface area contributed by atoms with Gasteiger partial charge in [0, 0.05) is 32.4 Å². The van der Waals surface area contributed by atoms with Crippen molar-refractivity contribution in [1.82, 2.24) is 16.1 Å². The Bertz CT molecular complexity index is 601. The van der Waals surface area contributed by atoms with Crippen LogP contribution < -0.4 is 21.8 Å². The van der Waals surface area contributed by atoms with E-state index in [0.29, 0.717) is 31.6 Å². The number of aliphatic carboxylic acids is 1. The first-order valence-corrected chi connectivity index (χ1v) is 10.3. The third-order valence-electron chi connectivity index (χ3n) is 4.33. The molecule has 0 aliphatic heterocycles. The zero-order valence-corrected chi connectivity index (χ0v) is 19.4. The van der Waals surface area contributed by atoms with Gasteiger partial charge in [0.15, 0.2) is 0 Å².